The molecule has 0 aliphatic carbocycles. The van der Waals surface area contributed by atoms with E-state index >= 15 is 0 Å². The van der Waals surface area contributed by atoms with E-state index in [0.717, 1.165) is 5.92 Å². The van der Waals surface area contributed by atoms with Gasteiger partial charge in [0.1, 0.15) is 5.00 Å². The van der Waals surface area contributed by atoms with E-state index < -0.39 is 0 Å². The molecule has 0 bridgehead atoms. The van der Waals surface area contributed by atoms with E-state index in [2.05, 4.69) is 23.7 Å². The fourth-order valence-corrected chi connectivity index (χ4v) is 2.67. The quantitative estimate of drug-likeness (QED) is 0.723. The minimum Gasteiger partial charge on any atom is -0.362 e. The van der Waals surface area contributed by atoms with Gasteiger partial charge >= 0.3 is 0 Å². The van der Waals surface area contributed by atoms with Crippen LogP contribution in [0.25, 0.3) is 0 Å². The van der Waals surface area contributed by atoms with Crippen LogP contribution in [0, 0.1) is 12.8 Å². The highest BCUT2D eigenvalue weighted by Gasteiger charge is 2.22. The lowest BCUT2D eigenvalue weighted by atomic mass is 10.1. The van der Waals surface area contributed by atoms with Crippen LogP contribution in [0.4, 0.5) is 5.00 Å². The summed E-state index contributed by atoms with van der Waals surface area (Å²) in [5.74, 6) is 0.905. The van der Waals surface area contributed by atoms with Gasteiger partial charge in [-0.25, -0.2) is 4.98 Å². The molecule has 1 aromatic rings. The van der Waals surface area contributed by atoms with Crippen LogP contribution in [0.5, 0.6) is 0 Å². The monoisotopic (exact) mass is 196 g/mol. The number of anilines is 1. The van der Waals surface area contributed by atoms with Gasteiger partial charge in [0.2, 0.25) is 0 Å². The summed E-state index contributed by atoms with van der Waals surface area (Å²) in [7, 11) is 0. The first-order chi connectivity index (χ1) is 6.29. The maximum absolute atomic E-state index is 4.29. The molecule has 2 rings (SSSR count). The van der Waals surface area contributed by atoms with Gasteiger partial charge in [-0.1, -0.05) is 13.3 Å². The molecule has 0 saturated carbocycles. The summed E-state index contributed by atoms with van der Waals surface area (Å²) in [6.45, 7) is 6.81. The molecule has 72 valence electrons. The summed E-state index contributed by atoms with van der Waals surface area (Å²) < 4.78 is 0. The van der Waals surface area contributed by atoms with E-state index in [4.69, 9.17) is 0 Å². The predicted octanol–water partition coefficient (Wildman–Crippen LogP) is 2.69. The fraction of sp³-hybridized carbons (Fsp3) is 0.700. The third-order valence-electron chi connectivity index (χ3n) is 2.78. The van der Waals surface area contributed by atoms with Crippen molar-refractivity contribution < 1.29 is 0 Å². The summed E-state index contributed by atoms with van der Waals surface area (Å²) in [6, 6.07) is 0. The number of aryl methyl sites for hydroxylation is 1. The molecule has 0 radical (unpaired) electrons. The molecule has 1 saturated heterocycles. The molecule has 1 aliphatic heterocycles. The number of aromatic nitrogens is 1. The molecule has 1 aromatic heterocycles. The Labute approximate surface area is 83.6 Å². The van der Waals surface area contributed by atoms with Gasteiger partial charge in [-0.15, -0.1) is 11.3 Å². The molecule has 3 heteroatoms. The van der Waals surface area contributed by atoms with Gasteiger partial charge in [-0.3, -0.25) is 0 Å². The van der Waals surface area contributed by atoms with Gasteiger partial charge in [-0.2, -0.15) is 0 Å². The van der Waals surface area contributed by atoms with Crippen molar-refractivity contribution in [2.75, 3.05) is 18.0 Å². The molecule has 1 unspecified atom stereocenters. The highest BCUT2D eigenvalue weighted by atomic mass is 32.1. The summed E-state index contributed by atoms with van der Waals surface area (Å²) in [6.07, 6.45) is 4.68. The zero-order valence-electron chi connectivity index (χ0n) is 8.29. The van der Waals surface area contributed by atoms with Crippen LogP contribution in [0.1, 0.15) is 24.8 Å². The summed E-state index contributed by atoms with van der Waals surface area (Å²) in [5, 5.41) is 2.53. The molecule has 0 amide bonds. The lowest BCUT2D eigenvalue weighted by Gasteiger charge is -2.14. The van der Waals surface area contributed by atoms with E-state index in [1.807, 2.05) is 17.5 Å². The second-order valence-electron chi connectivity index (χ2n) is 3.73. The zero-order chi connectivity index (χ0) is 9.26. The van der Waals surface area contributed by atoms with Crippen molar-refractivity contribution in [3.63, 3.8) is 0 Å². The largest absolute Gasteiger partial charge is 0.362 e. The maximum atomic E-state index is 4.29. The standard InChI is InChI=1S/C10H16N2S/c1-3-9-4-5-12(7-9)10-6-11-8(2)13-10/h6,9H,3-5,7H2,1-2H3. The van der Waals surface area contributed by atoms with Crippen molar-refractivity contribution in [1.82, 2.24) is 4.98 Å². The Hall–Kier alpha value is -0.570. The number of hydrogen-bond donors (Lipinski definition) is 0. The van der Waals surface area contributed by atoms with Crippen molar-refractivity contribution in [2.24, 2.45) is 5.92 Å². The SMILES string of the molecule is CCC1CCN(c2cnc(C)s2)C1. The Morgan fingerprint density at radius 2 is 2.54 bits per heavy atom. The van der Waals surface area contributed by atoms with Crippen molar-refractivity contribution in [2.45, 2.75) is 26.7 Å². The van der Waals surface area contributed by atoms with Crippen LogP contribution in [-0.4, -0.2) is 18.1 Å². The molecule has 2 heterocycles. The molecule has 1 aliphatic rings. The smallest absolute Gasteiger partial charge is 0.111 e. The Bertz CT molecular complexity index is 282. The average Bonchev–Trinajstić information content (AvgIpc) is 2.71. The first-order valence-corrected chi connectivity index (χ1v) is 5.78. The van der Waals surface area contributed by atoms with Crippen LogP contribution >= 0.6 is 11.3 Å². The fourth-order valence-electron chi connectivity index (χ4n) is 1.86. The third kappa shape index (κ3) is 1.85. The Morgan fingerprint density at radius 1 is 1.69 bits per heavy atom. The number of hydrogen-bond acceptors (Lipinski definition) is 3. The van der Waals surface area contributed by atoms with Gasteiger partial charge in [-0.05, 0) is 19.3 Å². The first-order valence-electron chi connectivity index (χ1n) is 4.97. The van der Waals surface area contributed by atoms with Gasteiger partial charge in [0, 0.05) is 13.1 Å². The number of nitrogens with zero attached hydrogens (tertiary/aromatic N) is 2. The van der Waals surface area contributed by atoms with Crippen molar-refractivity contribution >= 4 is 16.3 Å². The van der Waals surface area contributed by atoms with Crippen molar-refractivity contribution in [3.8, 4) is 0 Å². The van der Waals surface area contributed by atoms with Gasteiger partial charge in [0.05, 0.1) is 11.2 Å². The van der Waals surface area contributed by atoms with E-state index in [1.165, 1.54) is 35.9 Å². The molecule has 0 N–H and O–H groups in total. The van der Waals surface area contributed by atoms with E-state index in [1.54, 1.807) is 0 Å². The summed E-state index contributed by atoms with van der Waals surface area (Å²) in [4.78, 5) is 6.76. The van der Waals surface area contributed by atoms with Gasteiger partial charge < -0.3 is 4.90 Å². The normalized spacial score (nSPS) is 22.6. The maximum Gasteiger partial charge on any atom is 0.111 e. The van der Waals surface area contributed by atoms with Crippen LogP contribution in [0.2, 0.25) is 0 Å². The zero-order valence-corrected chi connectivity index (χ0v) is 9.10. The molecule has 1 atom stereocenters. The van der Waals surface area contributed by atoms with E-state index in [9.17, 15) is 0 Å². The highest BCUT2D eigenvalue weighted by molar-refractivity contribution is 7.15. The van der Waals surface area contributed by atoms with Crippen LogP contribution in [0.15, 0.2) is 6.20 Å². The molecule has 2 nitrogen and oxygen atoms in total. The van der Waals surface area contributed by atoms with Crippen LogP contribution < -0.4 is 4.90 Å². The molecular weight excluding hydrogens is 180 g/mol. The van der Waals surface area contributed by atoms with Crippen LogP contribution in [0.3, 0.4) is 0 Å². The lowest BCUT2D eigenvalue weighted by molar-refractivity contribution is 0.569. The molecule has 0 aromatic carbocycles. The second kappa shape index (κ2) is 3.66. The number of thiazole rings is 1. The molecular formula is C10H16N2S. The second-order valence-corrected chi connectivity index (χ2v) is 4.94. The Kier molecular flexibility index (Phi) is 2.54. The minimum absolute atomic E-state index is 0.905. The van der Waals surface area contributed by atoms with Gasteiger partial charge in [0.25, 0.3) is 0 Å². The van der Waals surface area contributed by atoms with E-state index in [0.29, 0.717) is 0 Å². The Balaban J connectivity index is 2.03. The lowest BCUT2D eigenvalue weighted by Crippen LogP contribution is -2.17. The van der Waals surface area contributed by atoms with Crippen molar-refractivity contribution in [3.05, 3.63) is 11.2 Å². The molecule has 1 fully saturated rings. The van der Waals surface area contributed by atoms with Crippen molar-refractivity contribution in [1.29, 1.82) is 0 Å². The van der Waals surface area contributed by atoms with Gasteiger partial charge in [0.15, 0.2) is 0 Å². The average molecular weight is 196 g/mol. The van der Waals surface area contributed by atoms with Crippen LogP contribution in [-0.2, 0) is 0 Å². The predicted molar refractivity (Wildman–Crippen MR) is 57.5 cm³/mol. The first kappa shape index (κ1) is 9.00. The topological polar surface area (TPSA) is 16.1 Å². The summed E-state index contributed by atoms with van der Waals surface area (Å²) in [5.41, 5.74) is 0. The molecule has 0 spiro atoms. The minimum atomic E-state index is 0.905. The van der Waals surface area contributed by atoms with E-state index in [-0.39, 0.29) is 0 Å². The number of rotatable bonds is 2. The Morgan fingerprint density at radius 3 is 3.08 bits per heavy atom. The highest BCUT2D eigenvalue weighted by Crippen LogP contribution is 2.29. The summed E-state index contributed by atoms with van der Waals surface area (Å²) >= 11 is 1.81. The molecule has 13 heavy (non-hydrogen) atoms. The third-order valence-corrected chi connectivity index (χ3v) is 3.76.